The third-order valence-electron chi connectivity index (χ3n) is 1.93. The second kappa shape index (κ2) is 6.16. The van der Waals surface area contributed by atoms with Crippen molar-refractivity contribution in [3.8, 4) is 0 Å². The summed E-state index contributed by atoms with van der Waals surface area (Å²) >= 11 is 0. The molecular formula is C11H16N2O2. The van der Waals surface area contributed by atoms with E-state index in [1.54, 1.807) is 24.3 Å². The van der Waals surface area contributed by atoms with Crippen LogP contribution >= 0.6 is 0 Å². The van der Waals surface area contributed by atoms with Crippen LogP contribution in [0.3, 0.4) is 0 Å². The molecule has 0 saturated carbocycles. The third-order valence-corrected chi connectivity index (χ3v) is 1.93. The van der Waals surface area contributed by atoms with Gasteiger partial charge >= 0.3 is 0 Å². The van der Waals surface area contributed by atoms with Crippen molar-refractivity contribution < 1.29 is 9.90 Å². The van der Waals surface area contributed by atoms with Crippen LogP contribution in [0.5, 0.6) is 0 Å². The van der Waals surface area contributed by atoms with Crippen molar-refractivity contribution in [3.05, 3.63) is 29.8 Å². The highest BCUT2D eigenvalue weighted by molar-refractivity contribution is 5.92. The molecule has 0 aromatic heterocycles. The Morgan fingerprint density at radius 3 is 2.93 bits per heavy atom. The highest BCUT2D eigenvalue weighted by Crippen LogP contribution is 2.09. The lowest BCUT2D eigenvalue weighted by Crippen LogP contribution is -2.27. The molecule has 1 aromatic rings. The van der Waals surface area contributed by atoms with E-state index in [1.165, 1.54) is 0 Å². The van der Waals surface area contributed by atoms with Gasteiger partial charge in [-0.2, -0.15) is 0 Å². The zero-order chi connectivity index (χ0) is 11.1. The van der Waals surface area contributed by atoms with Gasteiger partial charge in [-0.15, -0.1) is 0 Å². The van der Waals surface area contributed by atoms with Crippen LogP contribution in [-0.2, 0) is 11.4 Å². The molecule has 4 heteroatoms. The third kappa shape index (κ3) is 4.10. The largest absolute Gasteiger partial charge is 0.392 e. The van der Waals surface area contributed by atoms with E-state index in [1.807, 2.05) is 6.92 Å². The van der Waals surface area contributed by atoms with Gasteiger partial charge in [0.2, 0.25) is 5.91 Å². The second-order valence-electron chi connectivity index (χ2n) is 3.19. The van der Waals surface area contributed by atoms with E-state index in [9.17, 15) is 4.79 Å². The first-order chi connectivity index (χ1) is 7.26. The number of aliphatic hydroxyl groups is 1. The van der Waals surface area contributed by atoms with Gasteiger partial charge in [0, 0.05) is 5.69 Å². The average molecular weight is 208 g/mol. The van der Waals surface area contributed by atoms with E-state index in [0.29, 0.717) is 12.2 Å². The van der Waals surface area contributed by atoms with Gasteiger partial charge in [-0.25, -0.2) is 0 Å². The molecule has 3 N–H and O–H groups in total. The molecule has 82 valence electrons. The maximum Gasteiger partial charge on any atom is 0.238 e. The first kappa shape index (κ1) is 11.7. The standard InChI is InChI=1S/C11H16N2O2/c1-2-12-7-11(15)13-10-5-3-4-9(6-10)8-14/h3-6,12,14H,2,7-8H2,1H3,(H,13,15). The molecule has 0 heterocycles. The average Bonchev–Trinajstić information content (AvgIpc) is 2.26. The van der Waals surface area contributed by atoms with E-state index in [0.717, 1.165) is 12.1 Å². The van der Waals surface area contributed by atoms with E-state index < -0.39 is 0 Å². The molecule has 0 aliphatic rings. The van der Waals surface area contributed by atoms with Crippen molar-refractivity contribution in [2.45, 2.75) is 13.5 Å². The molecule has 0 spiro atoms. The number of benzene rings is 1. The summed E-state index contributed by atoms with van der Waals surface area (Å²) < 4.78 is 0. The van der Waals surface area contributed by atoms with Gasteiger partial charge in [0.25, 0.3) is 0 Å². The van der Waals surface area contributed by atoms with Gasteiger partial charge in [-0.3, -0.25) is 4.79 Å². The number of amides is 1. The minimum atomic E-state index is -0.0769. The van der Waals surface area contributed by atoms with E-state index >= 15 is 0 Å². The van der Waals surface area contributed by atoms with Gasteiger partial charge in [0.15, 0.2) is 0 Å². The smallest absolute Gasteiger partial charge is 0.238 e. The van der Waals surface area contributed by atoms with Gasteiger partial charge in [-0.1, -0.05) is 19.1 Å². The van der Waals surface area contributed by atoms with Gasteiger partial charge in [0.1, 0.15) is 0 Å². The Morgan fingerprint density at radius 2 is 2.27 bits per heavy atom. The minimum Gasteiger partial charge on any atom is -0.392 e. The van der Waals surface area contributed by atoms with Crippen molar-refractivity contribution in [2.24, 2.45) is 0 Å². The molecule has 0 unspecified atom stereocenters. The Kier molecular flexibility index (Phi) is 4.80. The second-order valence-corrected chi connectivity index (χ2v) is 3.19. The normalized spacial score (nSPS) is 10.0. The monoisotopic (exact) mass is 208 g/mol. The van der Waals surface area contributed by atoms with Crippen LogP contribution in [0.1, 0.15) is 12.5 Å². The lowest BCUT2D eigenvalue weighted by molar-refractivity contribution is -0.115. The van der Waals surface area contributed by atoms with Crippen LogP contribution < -0.4 is 10.6 Å². The molecule has 1 aromatic carbocycles. The number of anilines is 1. The summed E-state index contributed by atoms with van der Waals surface area (Å²) in [6.45, 7) is 3.00. The fraction of sp³-hybridized carbons (Fsp3) is 0.364. The fourth-order valence-electron chi connectivity index (χ4n) is 1.19. The lowest BCUT2D eigenvalue weighted by atomic mass is 10.2. The molecule has 0 bridgehead atoms. The maximum absolute atomic E-state index is 11.3. The Hall–Kier alpha value is -1.39. The topological polar surface area (TPSA) is 61.4 Å². The van der Waals surface area contributed by atoms with E-state index in [-0.39, 0.29) is 12.5 Å². The highest BCUT2D eigenvalue weighted by atomic mass is 16.3. The number of hydrogen-bond donors (Lipinski definition) is 3. The lowest BCUT2D eigenvalue weighted by Gasteiger charge is -2.06. The summed E-state index contributed by atoms with van der Waals surface area (Å²) in [6, 6.07) is 7.15. The number of aliphatic hydroxyl groups excluding tert-OH is 1. The SMILES string of the molecule is CCNCC(=O)Nc1cccc(CO)c1. The maximum atomic E-state index is 11.3. The van der Waals surface area contributed by atoms with E-state index in [2.05, 4.69) is 10.6 Å². The Balaban J connectivity index is 2.52. The first-order valence-electron chi connectivity index (χ1n) is 4.96. The van der Waals surface area contributed by atoms with Crippen LogP contribution in [0.4, 0.5) is 5.69 Å². The molecule has 0 atom stereocenters. The summed E-state index contributed by atoms with van der Waals surface area (Å²) in [5.41, 5.74) is 1.50. The van der Waals surface area contributed by atoms with Gasteiger partial charge in [-0.05, 0) is 24.2 Å². The number of hydrogen-bond acceptors (Lipinski definition) is 3. The number of likely N-dealkylation sites (N-methyl/N-ethyl adjacent to an activating group) is 1. The van der Waals surface area contributed by atoms with Crippen molar-refractivity contribution in [1.82, 2.24) is 5.32 Å². The summed E-state index contributed by atoms with van der Waals surface area (Å²) in [5, 5.41) is 14.6. The number of carbonyl (C=O) groups is 1. The quantitative estimate of drug-likeness (QED) is 0.668. The van der Waals surface area contributed by atoms with Crippen LogP contribution in [-0.4, -0.2) is 24.1 Å². The van der Waals surface area contributed by atoms with Crippen molar-refractivity contribution in [2.75, 3.05) is 18.4 Å². The molecule has 0 saturated heterocycles. The van der Waals surface area contributed by atoms with Gasteiger partial charge < -0.3 is 15.7 Å². The molecule has 4 nitrogen and oxygen atoms in total. The predicted octanol–water partition coefficient (Wildman–Crippen LogP) is 0.727. The Bertz CT molecular complexity index is 326. The summed E-state index contributed by atoms with van der Waals surface area (Å²) in [5.74, 6) is -0.0769. The summed E-state index contributed by atoms with van der Waals surface area (Å²) in [7, 11) is 0. The molecule has 15 heavy (non-hydrogen) atoms. The molecule has 1 amide bonds. The van der Waals surface area contributed by atoms with Crippen molar-refractivity contribution in [3.63, 3.8) is 0 Å². The molecule has 0 aliphatic heterocycles. The molecular weight excluding hydrogens is 192 g/mol. The fourth-order valence-corrected chi connectivity index (χ4v) is 1.19. The number of carbonyl (C=O) groups excluding carboxylic acids is 1. The summed E-state index contributed by atoms with van der Waals surface area (Å²) in [6.07, 6.45) is 0. The van der Waals surface area contributed by atoms with Crippen LogP contribution in [0.25, 0.3) is 0 Å². The van der Waals surface area contributed by atoms with Crippen LogP contribution in [0, 0.1) is 0 Å². The zero-order valence-electron chi connectivity index (χ0n) is 8.79. The molecule has 0 radical (unpaired) electrons. The Morgan fingerprint density at radius 1 is 1.47 bits per heavy atom. The van der Waals surface area contributed by atoms with Crippen LogP contribution in [0.2, 0.25) is 0 Å². The zero-order valence-corrected chi connectivity index (χ0v) is 8.79. The molecule has 0 aliphatic carbocycles. The van der Waals surface area contributed by atoms with Crippen molar-refractivity contribution >= 4 is 11.6 Å². The molecule has 0 fully saturated rings. The number of nitrogens with one attached hydrogen (secondary N) is 2. The highest BCUT2D eigenvalue weighted by Gasteiger charge is 2.01. The molecule has 1 rings (SSSR count). The van der Waals surface area contributed by atoms with Crippen LogP contribution in [0.15, 0.2) is 24.3 Å². The summed E-state index contributed by atoms with van der Waals surface area (Å²) in [4.78, 5) is 11.3. The first-order valence-corrected chi connectivity index (χ1v) is 4.96. The van der Waals surface area contributed by atoms with E-state index in [4.69, 9.17) is 5.11 Å². The number of rotatable bonds is 5. The Labute approximate surface area is 89.3 Å². The predicted molar refractivity (Wildman–Crippen MR) is 59.5 cm³/mol. The van der Waals surface area contributed by atoms with Gasteiger partial charge in [0.05, 0.1) is 13.2 Å². The van der Waals surface area contributed by atoms with Crippen molar-refractivity contribution in [1.29, 1.82) is 0 Å². The minimum absolute atomic E-state index is 0.0169.